The van der Waals surface area contributed by atoms with Crippen LogP contribution in [0.4, 0.5) is 24.9 Å². The highest BCUT2D eigenvalue weighted by molar-refractivity contribution is 5.85. The zero-order valence-corrected chi connectivity index (χ0v) is 18.0. The molecule has 0 amide bonds. The molecular formula is C21H27F3N6O. The summed E-state index contributed by atoms with van der Waals surface area (Å²) in [7, 11) is 1.75. The predicted octanol–water partition coefficient (Wildman–Crippen LogP) is 4.25. The van der Waals surface area contributed by atoms with Crippen molar-refractivity contribution in [1.82, 2.24) is 19.5 Å². The molecule has 3 aromatic rings. The van der Waals surface area contributed by atoms with Crippen LogP contribution in [0.2, 0.25) is 0 Å². The van der Waals surface area contributed by atoms with Crippen LogP contribution in [0.3, 0.4) is 0 Å². The number of imidazole rings is 1. The Bertz CT molecular complexity index is 1030. The molecular weight excluding hydrogens is 409 g/mol. The Kier molecular flexibility index (Phi) is 6.68. The summed E-state index contributed by atoms with van der Waals surface area (Å²) in [6.45, 7) is 6.08. The van der Waals surface area contributed by atoms with E-state index >= 15 is 0 Å². The molecule has 1 atom stereocenters. The predicted molar refractivity (Wildman–Crippen MR) is 114 cm³/mol. The van der Waals surface area contributed by atoms with Gasteiger partial charge in [0.2, 0.25) is 5.95 Å². The lowest BCUT2D eigenvalue weighted by atomic mass is 10.1. The zero-order chi connectivity index (χ0) is 22.8. The Labute approximate surface area is 178 Å². The van der Waals surface area contributed by atoms with Crippen LogP contribution in [0.25, 0.3) is 11.2 Å². The van der Waals surface area contributed by atoms with Crippen molar-refractivity contribution in [2.75, 3.05) is 23.9 Å². The van der Waals surface area contributed by atoms with E-state index in [1.807, 2.05) is 25.3 Å². The summed E-state index contributed by atoms with van der Waals surface area (Å²) in [6.07, 6.45) is -2.04. The smallest absolute Gasteiger partial charge is 0.394 e. The van der Waals surface area contributed by atoms with Gasteiger partial charge in [0.25, 0.3) is 0 Å². The molecule has 2 N–H and O–H groups in total. The summed E-state index contributed by atoms with van der Waals surface area (Å²) in [5.41, 5.74) is 0.993. The largest absolute Gasteiger partial charge is 0.416 e. The van der Waals surface area contributed by atoms with Crippen LogP contribution >= 0.6 is 0 Å². The van der Waals surface area contributed by atoms with E-state index in [2.05, 4.69) is 20.3 Å². The second-order valence-electron chi connectivity index (χ2n) is 7.77. The van der Waals surface area contributed by atoms with Gasteiger partial charge in [-0.05, 0) is 38.0 Å². The monoisotopic (exact) mass is 436 g/mol. The number of hydrogen-bond acceptors (Lipinski definition) is 6. The first-order valence-corrected chi connectivity index (χ1v) is 10.1. The third kappa shape index (κ3) is 5.07. The molecule has 0 aliphatic heterocycles. The Morgan fingerprint density at radius 1 is 1.23 bits per heavy atom. The summed E-state index contributed by atoms with van der Waals surface area (Å²) in [6, 6.07) is 5.13. The molecule has 0 fully saturated rings. The molecule has 2 aromatic heterocycles. The van der Waals surface area contributed by atoms with Crippen LogP contribution in [0.5, 0.6) is 0 Å². The fraction of sp³-hybridized carbons (Fsp3) is 0.476. The van der Waals surface area contributed by atoms with Crippen molar-refractivity contribution < 1.29 is 18.3 Å². The lowest BCUT2D eigenvalue weighted by Gasteiger charge is -2.21. The van der Waals surface area contributed by atoms with E-state index in [0.29, 0.717) is 34.9 Å². The first-order chi connectivity index (χ1) is 14.6. The summed E-state index contributed by atoms with van der Waals surface area (Å²) in [5.74, 6) is 0.832. The molecule has 31 heavy (non-hydrogen) atoms. The molecule has 0 aliphatic rings. The van der Waals surface area contributed by atoms with Gasteiger partial charge in [-0.15, -0.1) is 0 Å². The number of nitrogens with one attached hydrogen (secondary N) is 1. The van der Waals surface area contributed by atoms with E-state index in [1.165, 1.54) is 6.07 Å². The zero-order valence-electron chi connectivity index (χ0n) is 18.0. The highest BCUT2D eigenvalue weighted by atomic mass is 19.4. The van der Waals surface area contributed by atoms with Crippen LogP contribution in [0.15, 0.2) is 30.6 Å². The minimum absolute atomic E-state index is 0.0727. The van der Waals surface area contributed by atoms with Crippen LogP contribution in [0, 0.1) is 0 Å². The van der Waals surface area contributed by atoms with E-state index in [0.717, 1.165) is 12.1 Å². The molecule has 1 aromatic carbocycles. The van der Waals surface area contributed by atoms with Gasteiger partial charge < -0.3 is 19.9 Å². The van der Waals surface area contributed by atoms with Gasteiger partial charge in [0.05, 0.1) is 24.5 Å². The second kappa shape index (κ2) is 9.09. The summed E-state index contributed by atoms with van der Waals surface area (Å²) in [5, 5.41) is 12.7. The Morgan fingerprint density at radius 3 is 2.58 bits per heavy atom. The molecule has 7 nitrogen and oxygen atoms in total. The van der Waals surface area contributed by atoms with E-state index in [4.69, 9.17) is 0 Å². The van der Waals surface area contributed by atoms with Gasteiger partial charge in [-0.25, -0.2) is 4.98 Å². The molecule has 0 aliphatic carbocycles. The highest BCUT2D eigenvalue weighted by Crippen LogP contribution is 2.31. The number of hydrogen-bond donors (Lipinski definition) is 2. The fourth-order valence-corrected chi connectivity index (χ4v) is 3.26. The molecule has 3 rings (SSSR count). The number of alkyl halides is 3. The third-order valence-corrected chi connectivity index (χ3v) is 5.04. The number of nitrogens with zero attached hydrogens (tertiary/aromatic N) is 5. The lowest BCUT2D eigenvalue weighted by molar-refractivity contribution is -0.137. The van der Waals surface area contributed by atoms with Gasteiger partial charge in [0.15, 0.2) is 17.0 Å². The molecule has 168 valence electrons. The van der Waals surface area contributed by atoms with E-state index in [-0.39, 0.29) is 25.2 Å². The first kappa shape index (κ1) is 22.8. The van der Waals surface area contributed by atoms with E-state index in [9.17, 15) is 18.3 Å². The third-order valence-electron chi connectivity index (χ3n) is 5.04. The van der Waals surface area contributed by atoms with Gasteiger partial charge in [0.1, 0.15) is 0 Å². The quantitative estimate of drug-likeness (QED) is 0.550. The normalized spacial score (nSPS) is 13.1. The number of benzene rings is 1. The number of halogens is 3. The van der Waals surface area contributed by atoms with Crippen molar-refractivity contribution in [3.63, 3.8) is 0 Å². The van der Waals surface area contributed by atoms with E-state index in [1.54, 1.807) is 24.3 Å². The van der Waals surface area contributed by atoms with Crippen LogP contribution in [0.1, 0.15) is 44.4 Å². The van der Waals surface area contributed by atoms with Crippen LogP contribution in [-0.4, -0.2) is 44.3 Å². The average Bonchev–Trinajstić information content (AvgIpc) is 3.15. The van der Waals surface area contributed by atoms with Gasteiger partial charge in [-0.2, -0.15) is 23.1 Å². The van der Waals surface area contributed by atoms with Crippen molar-refractivity contribution in [1.29, 1.82) is 0 Å². The standard InChI is InChI=1S/C21H27F3N6O/c1-5-16(11-31)26-20-27-18(17-19(28-20)30(12-25-17)13(2)3)29(4)10-14-7-6-8-15(9-14)21(22,23)24/h6-9,12-13,16,31H,5,10-11H2,1-4H3,(H,26,27,28)/t16-/m1/s1. The Hall–Kier alpha value is -2.88. The molecule has 10 heteroatoms. The van der Waals surface area contributed by atoms with Crippen molar-refractivity contribution in [2.24, 2.45) is 0 Å². The van der Waals surface area contributed by atoms with Gasteiger partial charge in [0, 0.05) is 19.6 Å². The van der Waals surface area contributed by atoms with Crippen molar-refractivity contribution in [3.8, 4) is 0 Å². The molecule has 2 heterocycles. The molecule has 0 unspecified atom stereocenters. The molecule has 0 saturated carbocycles. The number of rotatable bonds is 8. The fourth-order valence-electron chi connectivity index (χ4n) is 3.26. The first-order valence-electron chi connectivity index (χ1n) is 10.1. The summed E-state index contributed by atoms with van der Waals surface area (Å²) >= 11 is 0. The second-order valence-corrected chi connectivity index (χ2v) is 7.77. The van der Waals surface area contributed by atoms with E-state index < -0.39 is 11.7 Å². The minimum Gasteiger partial charge on any atom is -0.394 e. The number of aliphatic hydroxyl groups excluding tert-OH is 1. The van der Waals surface area contributed by atoms with Gasteiger partial charge >= 0.3 is 6.18 Å². The molecule has 0 bridgehead atoms. The maximum atomic E-state index is 13.1. The molecule has 0 spiro atoms. The Balaban J connectivity index is 2.01. The SMILES string of the molecule is CC[C@H](CO)Nc1nc(N(C)Cc2cccc(C(F)(F)F)c2)c2ncn(C(C)C)c2n1. The Morgan fingerprint density at radius 2 is 1.97 bits per heavy atom. The summed E-state index contributed by atoms with van der Waals surface area (Å²) < 4.78 is 41.1. The summed E-state index contributed by atoms with van der Waals surface area (Å²) in [4.78, 5) is 15.4. The maximum Gasteiger partial charge on any atom is 0.416 e. The topological polar surface area (TPSA) is 79.1 Å². The molecule has 0 saturated heterocycles. The minimum atomic E-state index is -4.40. The number of anilines is 2. The van der Waals surface area contributed by atoms with Crippen LogP contribution < -0.4 is 10.2 Å². The van der Waals surface area contributed by atoms with Crippen molar-refractivity contribution >= 4 is 22.9 Å². The maximum absolute atomic E-state index is 13.1. The number of aliphatic hydroxyl groups is 1. The average molecular weight is 436 g/mol. The van der Waals surface area contributed by atoms with Gasteiger partial charge in [-0.1, -0.05) is 19.1 Å². The molecule has 0 radical (unpaired) electrons. The van der Waals surface area contributed by atoms with Gasteiger partial charge in [-0.3, -0.25) is 0 Å². The number of aromatic nitrogens is 4. The van der Waals surface area contributed by atoms with Crippen LogP contribution in [-0.2, 0) is 12.7 Å². The number of fused-ring (bicyclic) bond motifs is 1. The highest BCUT2D eigenvalue weighted by Gasteiger charge is 2.30. The van der Waals surface area contributed by atoms with Crippen molar-refractivity contribution in [2.45, 2.75) is 52.0 Å². The lowest BCUT2D eigenvalue weighted by Crippen LogP contribution is -2.25. The van der Waals surface area contributed by atoms with Crippen molar-refractivity contribution in [3.05, 3.63) is 41.7 Å².